The zero-order valence-corrected chi connectivity index (χ0v) is 89.3. The molecule has 0 amide bonds. The van der Waals surface area contributed by atoms with Crippen LogP contribution >= 0.6 is 31.3 Å². The topological polar surface area (TPSA) is 636 Å². The third kappa shape index (κ3) is 26.8. The molecule has 6 saturated heterocycles. The Morgan fingerprint density at radius 3 is 0.722 bits per heavy atom. The molecule has 6 heterocycles. The molecular weight excluding hydrogens is 2090 g/mol. The standard InChI is InChI=1S/C30H42N4O14P2S2.2C29H39N4O10PS2/c1-19-9-20(2)14-33(13-19)51(41,42)23-5-7-25-27(11-23)30(32-46-18-48-50(38,39)40)28-12-24(52(43,44)34-15-21(3)10-22(4)16-34)6-8-26(28)29(25)31-45-17-47-49(35,36)37;1-18-9-19(2)14-32(13-18)45(38,39)22-5-7-24-26(11-22)28(30-34)27-12-23(46(40,41)33-15-20(3)10-21(4)16-33)6-8-25(27)29(24)31-42-17-43-44(35,36)37;1-18-9-19(2)14-32(13-18)45(38,39)22-5-7-24-26(11-22)29(31-42-17-43-44(35,36)37)27-12-23(6-8-25(27)28(24)30-34)46(40,41)33-15-20(3)10-21(4)16-33/h5-8,11-12,19-22H,9-10,13-18H2,1-4H3,(H2,35,36,37)(H2,38,39,40);2*5-8,11-12,18-21,31H,9-10,13-17H2,1-4H3,(H2,35,36,37)/t19-,20+,21-,22+;2*18-,19+,20-,21+. The van der Waals surface area contributed by atoms with E-state index >= 15 is 0 Å². The van der Waals surface area contributed by atoms with Crippen molar-refractivity contribution in [2.75, 3.05) is 117 Å². The van der Waals surface area contributed by atoms with Crippen molar-refractivity contribution in [2.24, 2.45) is 91.7 Å². The zero-order valence-electron chi connectivity index (χ0n) is 80.8. The summed E-state index contributed by atoms with van der Waals surface area (Å²) < 4.78 is 237. The molecule has 1 aliphatic carbocycles. The third-order valence-corrected chi connectivity index (χ3v) is 38.6. The Morgan fingerprint density at radius 2 is 0.479 bits per heavy atom. The van der Waals surface area contributed by atoms with E-state index < -0.39 is 119 Å². The van der Waals surface area contributed by atoms with Crippen molar-refractivity contribution in [3.63, 3.8) is 0 Å². The summed E-state index contributed by atoms with van der Waals surface area (Å²) >= 11 is 0. The molecule has 15 rings (SSSR count). The van der Waals surface area contributed by atoms with Gasteiger partial charge in [-0.05, 0) is 193 Å². The Hall–Kier alpha value is -7.64. The number of nitrogens with one attached hydrogen (secondary N) is 2. The number of nitrogens with zero attached hydrogens (tertiary/aromatic N) is 10. The Labute approximate surface area is 834 Å². The van der Waals surface area contributed by atoms with Gasteiger partial charge in [0.05, 0.1) is 40.7 Å². The van der Waals surface area contributed by atoms with E-state index in [1.54, 1.807) is 0 Å². The monoisotopic (exact) mass is 2200 g/mol. The largest absolute Gasteiger partial charge is 0.472 e. The van der Waals surface area contributed by atoms with Gasteiger partial charge in [0.25, 0.3) is 0 Å². The summed E-state index contributed by atoms with van der Waals surface area (Å²) in [6, 6.07) is 24.9. The molecule has 6 aliphatic heterocycles. The molecule has 56 heteroatoms. The van der Waals surface area contributed by atoms with Crippen LogP contribution in [0.1, 0.15) is 144 Å². The maximum absolute atomic E-state index is 14.0. The minimum atomic E-state index is -4.98. The van der Waals surface area contributed by atoms with Gasteiger partial charge in [0.2, 0.25) is 73.7 Å². The predicted octanol–water partition coefficient (Wildman–Crippen LogP) is 13.3. The van der Waals surface area contributed by atoms with Crippen molar-refractivity contribution in [3.05, 3.63) is 141 Å². The van der Waals surface area contributed by atoms with E-state index in [0.29, 0.717) is 63.1 Å². The van der Waals surface area contributed by atoms with Crippen LogP contribution in [0.4, 0.5) is 22.7 Å². The number of hydrogen-bond acceptors (Lipinski definition) is 32. The molecule has 10 N–H and O–H groups in total. The normalized spacial score (nSPS) is 23.8. The number of nitroso groups, excluding NO2 is 2. The number of oxime groups is 2. The van der Waals surface area contributed by atoms with Gasteiger partial charge in [-0.1, -0.05) is 130 Å². The second kappa shape index (κ2) is 45.3. The quantitative estimate of drug-likeness (QED) is 0.00467. The van der Waals surface area contributed by atoms with Crippen molar-refractivity contribution in [1.29, 1.82) is 0 Å². The molecule has 0 unspecified atom stereocenters. The Bertz CT molecular complexity index is 6820. The molecule has 46 nitrogen and oxygen atoms in total. The fraction of sp³-hybridized carbons (Fsp3) is 0.523. The van der Waals surface area contributed by atoms with Crippen LogP contribution in [0.5, 0.6) is 0 Å². The van der Waals surface area contributed by atoms with Gasteiger partial charge < -0.3 is 48.8 Å². The van der Waals surface area contributed by atoms with Gasteiger partial charge in [-0.3, -0.25) is 20.0 Å². The molecule has 0 bridgehead atoms. The van der Waals surface area contributed by atoms with Gasteiger partial charge in [-0.2, -0.15) is 25.8 Å². The highest BCUT2D eigenvalue weighted by Crippen LogP contribution is 2.49. The van der Waals surface area contributed by atoms with E-state index in [9.17, 15) is 78.6 Å². The molecule has 8 aromatic carbocycles. The van der Waals surface area contributed by atoms with Crippen molar-refractivity contribution in [1.82, 2.24) is 25.8 Å². The first kappa shape index (κ1) is 114. The molecule has 12 atom stereocenters. The average Bonchev–Trinajstić information content (AvgIpc) is 0.737. The lowest BCUT2D eigenvalue weighted by atomic mass is 9.83. The van der Waals surface area contributed by atoms with Crippen LogP contribution in [0.15, 0.2) is 159 Å². The molecule has 6 fully saturated rings. The molecule has 7 aliphatic rings. The summed E-state index contributed by atoms with van der Waals surface area (Å²) in [5.41, 5.74) is 5.54. The van der Waals surface area contributed by atoms with Gasteiger partial charge in [0.15, 0.2) is 13.6 Å². The lowest BCUT2D eigenvalue weighted by molar-refractivity contribution is 0.000324. The SMILES string of the molecule is C[C@@H]1C[C@H](C)CN(S(=O)(=O)c2ccc3c(N=O)c4ccc(S(=O)(=O)N5C[C@H](C)C[C@H](C)C5)cc4c(NOCOP(=O)(O)O)c3c2)C1.C[C@@H]1C[C@H](C)CN(S(=O)(=O)c2ccc3c(NOCOP(=O)(O)O)c4ccc(S(=O)(=O)N5C[C@H](C)C[C@H](C)C5)cc4c(N=O)c3c2)C1.C[C@@H]1C[C@H](C)CN(S(=O)(=O)c2ccc3c(c2)C(=NOCOP(=O)(O)O)c2cc(S(=O)(=O)N4C[C@H](C)C[C@H](C)C4)ccc2C3=NOCOP(=O)(O)O)C1. The van der Waals surface area contributed by atoms with Crippen LogP contribution in [0.3, 0.4) is 0 Å². The molecule has 144 heavy (non-hydrogen) atoms. The number of rotatable bonds is 32. The van der Waals surface area contributed by atoms with Gasteiger partial charge >= 0.3 is 31.3 Å². The van der Waals surface area contributed by atoms with Crippen molar-refractivity contribution in [3.8, 4) is 0 Å². The number of phosphoric acid groups is 4. The highest BCUT2D eigenvalue weighted by Gasteiger charge is 2.43. The minimum absolute atomic E-state index is 0.00180. The van der Waals surface area contributed by atoms with Gasteiger partial charge in [0, 0.05) is 144 Å². The molecule has 0 spiro atoms. The number of anilines is 2. The van der Waals surface area contributed by atoms with Crippen LogP contribution in [-0.2, 0) is 116 Å². The van der Waals surface area contributed by atoms with E-state index in [4.69, 9.17) is 58.5 Å². The van der Waals surface area contributed by atoms with Crippen LogP contribution < -0.4 is 11.0 Å². The summed E-state index contributed by atoms with van der Waals surface area (Å²) in [7, 11) is -43.8. The number of phosphoric ester groups is 4. The van der Waals surface area contributed by atoms with Gasteiger partial charge in [0.1, 0.15) is 22.8 Å². The predicted molar refractivity (Wildman–Crippen MR) is 532 cm³/mol. The number of fused-ring (bicyclic) bond motifs is 6. The maximum atomic E-state index is 14.0. The first-order valence-electron chi connectivity index (χ1n) is 46.2. The van der Waals surface area contributed by atoms with Gasteiger partial charge in [-0.25, -0.2) is 87.5 Å². The molecule has 8 aromatic rings. The Morgan fingerprint density at radius 1 is 0.278 bits per heavy atom. The lowest BCUT2D eigenvalue weighted by Gasteiger charge is -2.34. The highest BCUT2D eigenvalue weighted by molar-refractivity contribution is 7.90. The van der Waals surface area contributed by atoms with Crippen LogP contribution in [0, 0.1) is 80.8 Å². The van der Waals surface area contributed by atoms with Crippen LogP contribution in [-0.4, -0.2) is 233 Å². The lowest BCUT2D eigenvalue weighted by Crippen LogP contribution is -2.42. The first-order valence-corrected chi connectivity index (χ1v) is 60.9. The van der Waals surface area contributed by atoms with Crippen molar-refractivity contribution < 1.29 is 145 Å². The van der Waals surface area contributed by atoms with Crippen LogP contribution in [0.25, 0.3) is 43.1 Å². The van der Waals surface area contributed by atoms with E-state index in [0.717, 1.165) is 38.5 Å². The Kier molecular flexibility index (Phi) is 35.7. The second-order valence-electron chi connectivity index (χ2n) is 39.1. The average molecular weight is 2210 g/mol. The maximum Gasteiger partial charge on any atom is 0.472 e. The number of sulfonamides is 6. The fourth-order valence-corrected chi connectivity index (χ4v) is 31.5. The fourth-order valence-electron chi connectivity index (χ4n) is 20.5. The number of piperidine rings is 6. The van der Waals surface area contributed by atoms with Gasteiger partial charge in [-0.15, -0.1) is 9.81 Å². The van der Waals surface area contributed by atoms with Crippen molar-refractivity contribution >= 4 is 169 Å². The summed E-state index contributed by atoms with van der Waals surface area (Å²) in [4.78, 5) is 118. The van der Waals surface area contributed by atoms with Crippen LogP contribution in [0.2, 0.25) is 0 Å². The molecule has 0 aromatic heterocycles. The van der Waals surface area contributed by atoms with Crippen molar-refractivity contribution in [2.45, 2.75) is 151 Å². The third-order valence-electron chi connectivity index (χ3n) is 25.9. The first-order chi connectivity index (χ1) is 67.2. The van der Waals surface area contributed by atoms with E-state index in [2.05, 4.69) is 49.7 Å². The molecule has 0 radical (unpaired) electrons. The summed E-state index contributed by atoms with van der Waals surface area (Å²) in [6.45, 7) is 23.8. The van der Waals surface area contributed by atoms with E-state index in [1.165, 1.54) is 135 Å². The zero-order chi connectivity index (χ0) is 105. The number of hydrogen-bond donors (Lipinski definition) is 10. The second-order valence-corrected chi connectivity index (χ2v) is 55.6. The molecular formula is C88H120N12O34P4S6. The molecule has 0 saturated carbocycles. The number of benzene rings is 8. The summed E-state index contributed by atoms with van der Waals surface area (Å²) in [5, 5.41) is 16.2. The smallest absolute Gasteiger partial charge is 0.366 e. The minimum Gasteiger partial charge on any atom is -0.366 e. The summed E-state index contributed by atoms with van der Waals surface area (Å²) in [5.74, 6) is 1.63. The van der Waals surface area contributed by atoms with E-state index in [1.807, 2.05) is 83.1 Å². The summed E-state index contributed by atoms with van der Waals surface area (Å²) in [6.07, 6.45) is 5.29. The Balaban J connectivity index is 0.000000182. The highest BCUT2D eigenvalue weighted by atomic mass is 32.2. The van der Waals surface area contributed by atoms with E-state index in [-0.39, 0.29) is 215 Å². The molecule has 792 valence electrons.